The molecule has 1 aromatic rings. The van der Waals surface area contributed by atoms with E-state index in [0.717, 1.165) is 18.8 Å². The first kappa shape index (κ1) is 8.64. The number of hydrogen-bond donors (Lipinski definition) is 1. The zero-order valence-electron chi connectivity index (χ0n) is 6.95. The highest BCUT2D eigenvalue weighted by Crippen LogP contribution is 2.11. The van der Waals surface area contributed by atoms with Gasteiger partial charge in [0.1, 0.15) is 11.5 Å². The average molecular weight is 165 g/mol. The first-order chi connectivity index (χ1) is 5.86. The molecule has 0 aromatic carbocycles. The van der Waals surface area contributed by atoms with Crippen molar-refractivity contribution in [2.45, 2.75) is 13.3 Å². The summed E-state index contributed by atoms with van der Waals surface area (Å²) in [6.07, 6.45) is 2.50. The standard InChI is InChI=1S/C8H11N3O/c1-2-5-9-8-4-3-7(11-12)6-10-8/h3-4,6H,2,5H2,1H3,(H,9,10). The maximum absolute atomic E-state index is 10.0. The molecular weight excluding hydrogens is 154 g/mol. The molecule has 0 spiro atoms. The van der Waals surface area contributed by atoms with Gasteiger partial charge in [0.05, 0.1) is 6.20 Å². The van der Waals surface area contributed by atoms with Crippen molar-refractivity contribution >= 4 is 11.5 Å². The van der Waals surface area contributed by atoms with Gasteiger partial charge in [-0.1, -0.05) is 6.92 Å². The maximum atomic E-state index is 10.0. The van der Waals surface area contributed by atoms with Crippen LogP contribution in [0.25, 0.3) is 0 Å². The molecule has 0 unspecified atom stereocenters. The molecule has 0 aliphatic carbocycles. The fourth-order valence-electron chi connectivity index (χ4n) is 0.798. The van der Waals surface area contributed by atoms with Crippen LogP contribution in [0.4, 0.5) is 11.5 Å². The lowest BCUT2D eigenvalue weighted by molar-refractivity contribution is 0.969. The van der Waals surface area contributed by atoms with E-state index in [1.165, 1.54) is 6.20 Å². The quantitative estimate of drug-likeness (QED) is 0.696. The smallest absolute Gasteiger partial charge is 0.126 e. The summed E-state index contributed by atoms with van der Waals surface area (Å²) in [4.78, 5) is 14.0. The van der Waals surface area contributed by atoms with Gasteiger partial charge < -0.3 is 5.32 Å². The van der Waals surface area contributed by atoms with E-state index in [0.29, 0.717) is 5.69 Å². The second-order valence-electron chi connectivity index (χ2n) is 2.42. The molecule has 4 heteroatoms. The highest BCUT2D eigenvalue weighted by atomic mass is 16.3. The van der Waals surface area contributed by atoms with Gasteiger partial charge in [-0.05, 0) is 23.7 Å². The van der Waals surface area contributed by atoms with Gasteiger partial charge in [-0.3, -0.25) is 0 Å². The number of pyridine rings is 1. The molecule has 0 amide bonds. The molecule has 0 aliphatic rings. The summed E-state index contributed by atoms with van der Waals surface area (Å²) in [6.45, 7) is 2.97. The first-order valence-electron chi connectivity index (χ1n) is 3.90. The third-order valence-electron chi connectivity index (χ3n) is 1.41. The topological polar surface area (TPSA) is 54.4 Å². The summed E-state index contributed by atoms with van der Waals surface area (Å²) in [5, 5.41) is 5.84. The van der Waals surface area contributed by atoms with E-state index in [1.807, 2.05) is 0 Å². The summed E-state index contributed by atoms with van der Waals surface area (Å²) in [7, 11) is 0. The molecule has 64 valence electrons. The van der Waals surface area contributed by atoms with Crippen LogP contribution < -0.4 is 5.32 Å². The Morgan fingerprint density at radius 2 is 2.42 bits per heavy atom. The van der Waals surface area contributed by atoms with Gasteiger partial charge in [0, 0.05) is 6.54 Å². The van der Waals surface area contributed by atoms with Crippen molar-refractivity contribution in [1.29, 1.82) is 0 Å². The molecule has 0 fully saturated rings. The number of nitroso groups, excluding NO2 is 1. The Hall–Kier alpha value is -1.45. The predicted octanol–water partition coefficient (Wildman–Crippen LogP) is 2.30. The molecular formula is C8H11N3O. The lowest BCUT2D eigenvalue weighted by atomic mass is 10.4. The lowest BCUT2D eigenvalue weighted by Crippen LogP contribution is -2.00. The van der Waals surface area contributed by atoms with E-state index < -0.39 is 0 Å². The molecule has 0 radical (unpaired) electrons. The first-order valence-corrected chi connectivity index (χ1v) is 3.90. The Labute approximate surface area is 71.0 Å². The number of anilines is 1. The number of hydrogen-bond acceptors (Lipinski definition) is 4. The van der Waals surface area contributed by atoms with Crippen molar-refractivity contribution in [3.05, 3.63) is 23.2 Å². The van der Waals surface area contributed by atoms with E-state index in [9.17, 15) is 4.91 Å². The fourth-order valence-corrected chi connectivity index (χ4v) is 0.798. The van der Waals surface area contributed by atoms with E-state index in [4.69, 9.17) is 0 Å². The number of rotatable bonds is 4. The predicted molar refractivity (Wildman–Crippen MR) is 48.5 cm³/mol. The zero-order chi connectivity index (χ0) is 8.81. The third kappa shape index (κ3) is 2.30. The van der Waals surface area contributed by atoms with E-state index >= 15 is 0 Å². The van der Waals surface area contributed by atoms with Crippen LogP contribution in [-0.2, 0) is 0 Å². The molecule has 0 saturated heterocycles. The van der Waals surface area contributed by atoms with Gasteiger partial charge >= 0.3 is 0 Å². The van der Waals surface area contributed by atoms with Crippen LogP contribution in [0.5, 0.6) is 0 Å². The van der Waals surface area contributed by atoms with Crippen molar-refractivity contribution in [1.82, 2.24) is 4.98 Å². The molecule has 1 aromatic heterocycles. The second kappa shape index (κ2) is 4.43. The third-order valence-corrected chi connectivity index (χ3v) is 1.41. The molecule has 0 bridgehead atoms. The maximum Gasteiger partial charge on any atom is 0.126 e. The summed E-state index contributed by atoms with van der Waals surface area (Å²) < 4.78 is 0. The monoisotopic (exact) mass is 165 g/mol. The summed E-state index contributed by atoms with van der Waals surface area (Å²) >= 11 is 0. The van der Waals surface area contributed by atoms with E-state index in [-0.39, 0.29) is 0 Å². The zero-order valence-corrected chi connectivity index (χ0v) is 6.95. The second-order valence-corrected chi connectivity index (χ2v) is 2.42. The van der Waals surface area contributed by atoms with Crippen LogP contribution >= 0.6 is 0 Å². The van der Waals surface area contributed by atoms with Gasteiger partial charge in [-0.25, -0.2) is 4.98 Å². The van der Waals surface area contributed by atoms with Crippen molar-refractivity contribution in [2.75, 3.05) is 11.9 Å². The van der Waals surface area contributed by atoms with Crippen LogP contribution in [0.3, 0.4) is 0 Å². The Bertz CT molecular complexity index is 245. The van der Waals surface area contributed by atoms with Gasteiger partial charge in [0.25, 0.3) is 0 Å². The van der Waals surface area contributed by atoms with E-state index in [2.05, 4.69) is 22.4 Å². The minimum Gasteiger partial charge on any atom is -0.370 e. The Morgan fingerprint density at radius 1 is 1.58 bits per heavy atom. The molecule has 0 aliphatic heterocycles. The van der Waals surface area contributed by atoms with Gasteiger partial charge in [0.15, 0.2) is 0 Å². The van der Waals surface area contributed by atoms with Crippen molar-refractivity contribution < 1.29 is 0 Å². The molecule has 0 saturated carbocycles. The number of nitrogens with one attached hydrogen (secondary N) is 1. The summed E-state index contributed by atoms with van der Waals surface area (Å²) in [6, 6.07) is 3.38. The van der Waals surface area contributed by atoms with Crippen molar-refractivity contribution in [3.63, 3.8) is 0 Å². The Morgan fingerprint density at radius 3 is 2.92 bits per heavy atom. The molecule has 1 N–H and O–H groups in total. The summed E-state index contributed by atoms with van der Waals surface area (Å²) in [5.74, 6) is 0.782. The minimum absolute atomic E-state index is 0.358. The summed E-state index contributed by atoms with van der Waals surface area (Å²) in [5.41, 5.74) is 0.358. The molecule has 1 rings (SSSR count). The van der Waals surface area contributed by atoms with Crippen LogP contribution in [0.1, 0.15) is 13.3 Å². The lowest BCUT2D eigenvalue weighted by Gasteiger charge is -2.01. The SMILES string of the molecule is CCCNc1ccc(N=O)cn1. The van der Waals surface area contributed by atoms with E-state index in [1.54, 1.807) is 12.1 Å². The van der Waals surface area contributed by atoms with Crippen molar-refractivity contribution in [3.8, 4) is 0 Å². The normalized spacial score (nSPS) is 9.42. The van der Waals surface area contributed by atoms with Gasteiger partial charge in [0.2, 0.25) is 0 Å². The largest absolute Gasteiger partial charge is 0.370 e. The fraction of sp³-hybridized carbons (Fsp3) is 0.375. The molecule has 0 atom stereocenters. The Kier molecular flexibility index (Phi) is 3.19. The molecule has 1 heterocycles. The van der Waals surface area contributed by atoms with Crippen LogP contribution in [0, 0.1) is 4.91 Å². The highest BCUT2D eigenvalue weighted by molar-refractivity contribution is 5.42. The van der Waals surface area contributed by atoms with Gasteiger partial charge in [-0.15, -0.1) is 4.91 Å². The number of aromatic nitrogens is 1. The minimum atomic E-state index is 0.358. The molecule has 12 heavy (non-hydrogen) atoms. The average Bonchev–Trinajstić information content (AvgIpc) is 2.15. The number of nitrogens with zero attached hydrogens (tertiary/aromatic N) is 2. The highest BCUT2D eigenvalue weighted by Gasteiger charge is 1.93. The van der Waals surface area contributed by atoms with Gasteiger partial charge in [-0.2, -0.15) is 0 Å². The van der Waals surface area contributed by atoms with Crippen LogP contribution in [0.2, 0.25) is 0 Å². The van der Waals surface area contributed by atoms with Crippen LogP contribution in [0.15, 0.2) is 23.5 Å². The molecule has 4 nitrogen and oxygen atoms in total. The van der Waals surface area contributed by atoms with Crippen LogP contribution in [-0.4, -0.2) is 11.5 Å². The Balaban J connectivity index is 2.58. The van der Waals surface area contributed by atoms with Crippen molar-refractivity contribution in [2.24, 2.45) is 5.18 Å².